The number of fused-ring (bicyclic) bond motifs is 4. The first-order valence-corrected chi connectivity index (χ1v) is 16.9. The molecule has 8 rings (SSSR count). The lowest BCUT2D eigenvalue weighted by atomic mass is 9.83. The molecule has 10 heteroatoms. The van der Waals surface area contributed by atoms with E-state index in [9.17, 15) is 4.79 Å². The number of anilines is 1. The van der Waals surface area contributed by atoms with Crippen molar-refractivity contribution in [2.45, 2.75) is 121 Å². The second kappa shape index (κ2) is 10.6. The van der Waals surface area contributed by atoms with Crippen LogP contribution in [0.2, 0.25) is 0 Å². The Balaban J connectivity index is 1.28. The summed E-state index contributed by atoms with van der Waals surface area (Å²) in [5.74, 6) is 3.52. The summed E-state index contributed by atoms with van der Waals surface area (Å²) in [6.07, 6.45) is 12.2. The fourth-order valence-electron chi connectivity index (χ4n) is 9.01. The number of ether oxygens (including phenoxy) is 1. The van der Waals surface area contributed by atoms with Gasteiger partial charge in [-0.1, -0.05) is 25.4 Å². The number of carbonyl (C=O) groups is 1. The zero-order chi connectivity index (χ0) is 29.3. The Morgan fingerprint density at radius 2 is 1.95 bits per heavy atom. The molecule has 7 heterocycles. The predicted molar refractivity (Wildman–Crippen MR) is 164 cm³/mol. The number of aromatic nitrogens is 5. The lowest BCUT2D eigenvalue weighted by Crippen LogP contribution is -2.46. The second-order valence-electron chi connectivity index (χ2n) is 14.0. The van der Waals surface area contributed by atoms with E-state index < -0.39 is 0 Å². The van der Waals surface area contributed by atoms with Gasteiger partial charge < -0.3 is 14.2 Å². The standard InChI is InChI=1S/C33H45N7O3/c1-4-5-11-25(41)23-9-6-10-24-27(37-43-28(23)24)29-34-30-26-31(35-29)40(21(3)33-14-7-16-38(33)17-8-15-33)36-32(26)42-19-22-13-12-20(2)18-39(22)30/h20-23H,4-19H2,1-3H3/t20?,21?,22-,23?/m1/s1. The molecule has 3 saturated heterocycles. The summed E-state index contributed by atoms with van der Waals surface area (Å²) in [4.78, 5) is 28.8. The maximum atomic E-state index is 13.2. The van der Waals surface area contributed by atoms with E-state index >= 15 is 0 Å². The molecule has 10 nitrogen and oxygen atoms in total. The fraction of sp³-hybridized carbons (Fsp3) is 0.727. The summed E-state index contributed by atoms with van der Waals surface area (Å²) < 4.78 is 14.6. The Hall–Kier alpha value is -3.01. The van der Waals surface area contributed by atoms with Crippen molar-refractivity contribution in [1.82, 2.24) is 29.8 Å². The SMILES string of the molecule is CCCCC(=O)C1CCCc2c(-c3nc4c5c(nn(C(C)C67CCCN6CCC7)c5n3)OC[C@H]3CCC(C)CN43)noc21. The monoisotopic (exact) mass is 587 g/mol. The number of nitrogens with zero attached hydrogens (tertiary/aromatic N) is 7. The number of carbonyl (C=O) groups excluding carboxylic acids is 1. The first kappa shape index (κ1) is 27.5. The van der Waals surface area contributed by atoms with Crippen LogP contribution in [-0.4, -0.2) is 73.4 Å². The molecule has 0 spiro atoms. The van der Waals surface area contributed by atoms with Crippen LogP contribution in [0.25, 0.3) is 22.6 Å². The first-order valence-electron chi connectivity index (χ1n) is 16.9. The molecular formula is C33H45N7O3. The number of hydrogen-bond acceptors (Lipinski definition) is 9. The fourth-order valence-corrected chi connectivity index (χ4v) is 9.01. The lowest BCUT2D eigenvalue weighted by Gasteiger charge is -2.39. The third-order valence-corrected chi connectivity index (χ3v) is 11.4. The van der Waals surface area contributed by atoms with Crippen LogP contribution in [-0.2, 0) is 11.2 Å². The van der Waals surface area contributed by atoms with E-state index in [1.807, 2.05) is 0 Å². The highest BCUT2D eigenvalue weighted by Gasteiger charge is 2.50. The van der Waals surface area contributed by atoms with Crippen LogP contribution in [0.3, 0.4) is 0 Å². The van der Waals surface area contributed by atoms with Gasteiger partial charge in [-0.15, -0.1) is 5.10 Å². The molecule has 5 aliphatic rings. The van der Waals surface area contributed by atoms with E-state index in [0.29, 0.717) is 36.3 Å². The van der Waals surface area contributed by atoms with Gasteiger partial charge in [0, 0.05) is 24.1 Å². The molecule has 1 aliphatic carbocycles. The van der Waals surface area contributed by atoms with E-state index in [-0.39, 0.29) is 29.3 Å². The van der Waals surface area contributed by atoms with Crippen molar-refractivity contribution in [2.75, 3.05) is 31.1 Å². The lowest BCUT2D eigenvalue weighted by molar-refractivity contribution is -0.121. The van der Waals surface area contributed by atoms with Crippen LogP contribution in [0.1, 0.15) is 115 Å². The molecule has 4 aliphatic heterocycles. The highest BCUT2D eigenvalue weighted by atomic mass is 16.5. The Bertz CT molecular complexity index is 1530. The molecule has 0 saturated carbocycles. The minimum Gasteiger partial charge on any atom is -0.474 e. The van der Waals surface area contributed by atoms with Crippen LogP contribution in [0.5, 0.6) is 5.88 Å². The van der Waals surface area contributed by atoms with Gasteiger partial charge >= 0.3 is 0 Å². The van der Waals surface area contributed by atoms with E-state index in [4.69, 9.17) is 24.3 Å². The van der Waals surface area contributed by atoms with Crippen molar-refractivity contribution in [1.29, 1.82) is 0 Å². The van der Waals surface area contributed by atoms with E-state index in [0.717, 1.165) is 86.3 Å². The molecule has 0 amide bonds. The second-order valence-corrected chi connectivity index (χ2v) is 14.0. The number of piperidine rings is 1. The highest BCUT2D eigenvalue weighted by molar-refractivity contribution is 5.94. The van der Waals surface area contributed by atoms with E-state index in [1.54, 1.807) is 0 Å². The van der Waals surface area contributed by atoms with Crippen LogP contribution in [0.15, 0.2) is 4.52 Å². The van der Waals surface area contributed by atoms with E-state index in [1.165, 1.54) is 32.1 Å². The van der Waals surface area contributed by atoms with Crippen molar-refractivity contribution >= 4 is 22.6 Å². The van der Waals surface area contributed by atoms with Gasteiger partial charge in [0.25, 0.3) is 0 Å². The van der Waals surface area contributed by atoms with Crippen molar-refractivity contribution in [3.8, 4) is 17.4 Å². The summed E-state index contributed by atoms with van der Waals surface area (Å²) >= 11 is 0. The average Bonchev–Trinajstić information content (AvgIpc) is 3.78. The Labute approximate surface area is 253 Å². The highest BCUT2D eigenvalue weighted by Crippen LogP contribution is 2.49. The third-order valence-electron chi connectivity index (χ3n) is 11.4. The van der Waals surface area contributed by atoms with Gasteiger partial charge in [0.1, 0.15) is 23.6 Å². The molecule has 3 aromatic rings. The summed E-state index contributed by atoms with van der Waals surface area (Å²) in [5.41, 5.74) is 2.64. The summed E-state index contributed by atoms with van der Waals surface area (Å²) in [6, 6.07) is 0.406. The smallest absolute Gasteiger partial charge is 0.246 e. The zero-order valence-corrected chi connectivity index (χ0v) is 26.0. The van der Waals surface area contributed by atoms with Crippen LogP contribution in [0.4, 0.5) is 5.82 Å². The minimum atomic E-state index is -0.213. The van der Waals surface area contributed by atoms with Gasteiger partial charge in [0.2, 0.25) is 5.88 Å². The molecule has 4 atom stereocenters. The number of rotatable bonds is 7. The molecule has 0 radical (unpaired) electrons. The Morgan fingerprint density at radius 1 is 1.12 bits per heavy atom. The molecular weight excluding hydrogens is 542 g/mol. The van der Waals surface area contributed by atoms with E-state index in [2.05, 4.69) is 40.4 Å². The van der Waals surface area contributed by atoms with Gasteiger partial charge in [-0.3, -0.25) is 9.69 Å². The summed E-state index contributed by atoms with van der Waals surface area (Å²) in [5, 5.41) is 10.7. The third kappa shape index (κ3) is 4.25. The molecule has 0 bridgehead atoms. The van der Waals surface area contributed by atoms with Crippen molar-refractivity contribution < 1.29 is 14.1 Å². The zero-order valence-electron chi connectivity index (χ0n) is 26.0. The molecule has 3 fully saturated rings. The normalized spacial score (nSPS) is 27.0. The number of unbranched alkanes of at least 4 members (excludes halogenated alkanes) is 1. The number of hydrogen-bond donors (Lipinski definition) is 0. The van der Waals surface area contributed by atoms with Crippen molar-refractivity contribution in [3.05, 3.63) is 11.3 Å². The topological polar surface area (TPSA) is 102 Å². The molecule has 0 aromatic carbocycles. The Kier molecular flexibility index (Phi) is 6.76. The minimum absolute atomic E-state index is 0.104. The van der Waals surface area contributed by atoms with Crippen LogP contribution >= 0.6 is 0 Å². The predicted octanol–water partition coefficient (Wildman–Crippen LogP) is 5.85. The van der Waals surface area contributed by atoms with Crippen LogP contribution < -0.4 is 9.64 Å². The maximum Gasteiger partial charge on any atom is 0.246 e. The quantitative estimate of drug-likeness (QED) is 0.337. The van der Waals surface area contributed by atoms with Crippen LogP contribution in [0, 0.1) is 5.92 Å². The van der Waals surface area contributed by atoms with Gasteiger partial charge in [-0.05, 0) is 90.1 Å². The Morgan fingerprint density at radius 3 is 2.77 bits per heavy atom. The average molecular weight is 588 g/mol. The van der Waals surface area contributed by atoms with Crippen molar-refractivity contribution in [3.63, 3.8) is 0 Å². The van der Waals surface area contributed by atoms with Gasteiger partial charge in [-0.2, -0.15) is 0 Å². The molecule has 230 valence electrons. The summed E-state index contributed by atoms with van der Waals surface area (Å²) in [6.45, 7) is 10.6. The summed E-state index contributed by atoms with van der Waals surface area (Å²) in [7, 11) is 0. The number of Topliss-reactive ketones (excluding diaryl/α,β-unsaturated/α-hetero) is 1. The molecule has 43 heavy (non-hydrogen) atoms. The maximum absolute atomic E-state index is 13.2. The molecule has 0 N–H and O–H groups in total. The largest absolute Gasteiger partial charge is 0.474 e. The first-order chi connectivity index (χ1) is 21.0. The van der Waals surface area contributed by atoms with Crippen molar-refractivity contribution in [2.24, 2.45) is 5.92 Å². The molecule has 3 aromatic heterocycles. The van der Waals surface area contributed by atoms with Gasteiger partial charge in [0.05, 0.1) is 18.0 Å². The van der Waals surface area contributed by atoms with Gasteiger partial charge in [0.15, 0.2) is 22.9 Å². The number of ketones is 1. The molecule has 3 unspecified atom stereocenters. The van der Waals surface area contributed by atoms with Gasteiger partial charge in [-0.25, -0.2) is 14.6 Å².